The largest absolute Gasteiger partial charge is 0.372 e. The van der Waals surface area contributed by atoms with E-state index in [2.05, 4.69) is 31.0 Å². The molecule has 1 rings (SSSR count). The van der Waals surface area contributed by atoms with E-state index in [9.17, 15) is 8.42 Å². The summed E-state index contributed by atoms with van der Waals surface area (Å²) in [6.45, 7) is 4.01. The molecule has 1 unspecified atom stereocenters. The smallest absolute Gasteiger partial charge is 0.244 e. The van der Waals surface area contributed by atoms with Crippen molar-refractivity contribution in [1.29, 1.82) is 0 Å². The Morgan fingerprint density at radius 1 is 1.42 bits per heavy atom. The zero-order chi connectivity index (χ0) is 14.5. The topological polar surface area (TPSA) is 71.1 Å². The number of nitrogens with one attached hydrogen (secondary N) is 2. The summed E-state index contributed by atoms with van der Waals surface area (Å²) in [7, 11) is -1.91. The van der Waals surface area contributed by atoms with Gasteiger partial charge in [0, 0.05) is 23.8 Å². The molecule has 0 aromatic carbocycles. The number of halogens is 1. The van der Waals surface area contributed by atoms with Crippen LogP contribution in [0, 0.1) is 0 Å². The van der Waals surface area contributed by atoms with Crippen molar-refractivity contribution < 1.29 is 8.42 Å². The van der Waals surface area contributed by atoms with Gasteiger partial charge in [-0.05, 0) is 34.8 Å². The highest BCUT2D eigenvalue weighted by atomic mass is 79.9. The third kappa shape index (κ3) is 4.43. The molecule has 0 aliphatic rings. The van der Waals surface area contributed by atoms with E-state index >= 15 is 0 Å². The summed E-state index contributed by atoms with van der Waals surface area (Å²) in [5.41, 5.74) is 0. The van der Waals surface area contributed by atoms with E-state index in [1.807, 2.05) is 13.8 Å². The fraction of sp³-hybridized carbons (Fsp3) is 0.583. The van der Waals surface area contributed by atoms with Crippen LogP contribution in [0.25, 0.3) is 0 Å². The summed E-state index contributed by atoms with van der Waals surface area (Å²) in [6, 6.07) is 1.51. The Hall–Kier alpha value is -0.660. The van der Waals surface area contributed by atoms with Crippen LogP contribution in [0.3, 0.4) is 0 Å². The lowest BCUT2D eigenvalue weighted by molar-refractivity contribution is 0.512. The Balaban J connectivity index is 3.09. The summed E-state index contributed by atoms with van der Waals surface area (Å²) < 4.78 is 28.2. The monoisotopic (exact) mass is 349 g/mol. The maximum atomic E-state index is 12.4. The summed E-state index contributed by atoms with van der Waals surface area (Å²) in [6.07, 6.45) is 4.10. The van der Waals surface area contributed by atoms with Gasteiger partial charge in [-0.1, -0.05) is 20.3 Å². The third-order valence-corrected chi connectivity index (χ3v) is 4.76. The Bertz CT molecular complexity index is 520. The molecule has 0 spiro atoms. The van der Waals surface area contributed by atoms with Gasteiger partial charge in [0.1, 0.15) is 10.7 Å². The first-order valence-electron chi connectivity index (χ1n) is 6.30. The Labute approximate surface area is 123 Å². The zero-order valence-electron chi connectivity index (χ0n) is 11.4. The number of rotatable bonds is 7. The van der Waals surface area contributed by atoms with Crippen molar-refractivity contribution in [2.45, 2.75) is 44.0 Å². The molecule has 0 aliphatic heterocycles. The molecule has 1 heterocycles. The molecule has 0 saturated carbocycles. The fourth-order valence-corrected chi connectivity index (χ4v) is 3.82. The maximum absolute atomic E-state index is 12.4. The average Bonchev–Trinajstić information content (AvgIpc) is 2.38. The predicted octanol–water partition coefficient (Wildman–Crippen LogP) is 2.74. The summed E-state index contributed by atoms with van der Waals surface area (Å²) in [5, 5.41) is 2.80. The van der Waals surface area contributed by atoms with Crippen LogP contribution in [0.4, 0.5) is 5.82 Å². The lowest BCUT2D eigenvalue weighted by atomic mass is 10.1. The van der Waals surface area contributed by atoms with E-state index in [0.29, 0.717) is 10.3 Å². The molecule has 5 nitrogen and oxygen atoms in total. The quantitative estimate of drug-likeness (QED) is 0.793. The number of hydrogen-bond acceptors (Lipinski definition) is 4. The van der Waals surface area contributed by atoms with Crippen LogP contribution in [-0.2, 0) is 10.0 Å². The molecule has 7 heteroatoms. The van der Waals surface area contributed by atoms with Crippen LogP contribution in [-0.4, -0.2) is 26.5 Å². The molecule has 19 heavy (non-hydrogen) atoms. The Morgan fingerprint density at radius 2 is 2.11 bits per heavy atom. The van der Waals surface area contributed by atoms with E-state index in [-0.39, 0.29) is 10.9 Å². The normalized spacial score (nSPS) is 13.3. The van der Waals surface area contributed by atoms with Crippen molar-refractivity contribution in [2.24, 2.45) is 0 Å². The van der Waals surface area contributed by atoms with Gasteiger partial charge < -0.3 is 5.32 Å². The number of hydrogen-bond donors (Lipinski definition) is 2. The molecule has 0 saturated heterocycles. The van der Waals surface area contributed by atoms with Gasteiger partial charge in [-0.2, -0.15) is 0 Å². The number of anilines is 1. The van der Waals surface area contributed by atoms with Crippen molar-refractivity contribution in [3.63, 3.8) is 0 Å². The molecule has 0 radical (unpaired) electrons. The van der Waals surface area contributed by atoms with E-state index in [1.54, 1.807) is 19.3 Å². The van der Waals surface area contributed by atoms with Gasteiger partial charge in [0.25, 0.3) is 0 Å². The van der Waals surface area contributed by atoms with Crippen molar-refractivity contribution in [2.75, 3.05) is 12.4 Å². The summed E-state index contributed by atoms with van der Waals surface area (Å²) >= 11 is 3.25. The van der Waals surface area contributed by atoms with Crippen molar-refractivity contribution >= 4 is 31.8 Å². The van der Waals surface area contributed by atoms with Gasteiger partial charge in [0.05, 0.1) is 0 Å². The molecule has 0 bridgehead atoms. The molecule has 1 aromatic heterocycles. The van der Waals surface area contributed by atoms with Crippen molar-refractivity contribution in [3.05, 3.63) is 16.7 Å². The molecule has 0 amide bonds. The number of pyridine rings is 1. The number of sulfonamides is 1. The lowest BCUT2D eigenvalue weighted by Gasteiger charge is -2.17. The highest BCUT2D eigenvalue weighted by Gasteiger charge is 2.22. The van der Waals surface area contributed by atoms with Crippen LogP contribution < -0.4 is 10.0 Å². The first-order valence-corrected chi connectivity index (χ1v) is 8.57. The molecular formula is C12H20BrN3O2S. The minimum atomic E-state index is -3.56. The van der Waals surface area contributed by atoms with Gasteiger partial charge in [-0.3, -0.25) is 0 Å². The second-order valence-corrected chi connectivity index (χ2v) is 6.86. The van der Waals surface area contributed by atoms with Gasteiger partial charge in [0.15, 0.2) is 0 Å². The van der Waals surface area contributed by atoms with Crippen LogP contribution in [0.5, 0.6) is 0 Å². The van der Waals surface area contributed by atoms with E-state index in [4.69, 9.17) is 0 Å². The van der Waals surface area contributed by atoms with E-state index in [0.717, 1.165) is 19.3 Å². The summed E-state index contributed by atoms with van der Waals surface area (Å²) in [4.78, 5) is 4.23. The first-order chi connectivity index (χ1) is 8.94. The van der Waals surface area contributed by atoms with Crippen LogP contribution in [0.2, 0.25) is 0 Å². The number of aromatic nitrogens is 1. The second kappa shape index (κ2) is 7.21. The van der Waals surface area contributed by atoms with E-state index in [1.165, 1.54) is 0 Å². The highest BCUT2D eigenvalue weighted by molar-refractivity contribution is 9.10. The summed E-state index contributed by atoms with van der Waals surface area (Å²) in [5.74, 6) is 0.349. The molecule has 2 N–H and O–H groups in total. The molecular weight excluding hydrogens is 330 g/mol. The fourth-order valence-electron chi connectivity index (χ4n) is 1.79. The minimum absolute atomic E-state index is 0.0429. The molecule has 1 atom stereocenters. The Morgan fingerprint density at radius 3 is 2.63 bits per heavy atom. The lowest BCUT2D eigenvalue weighted by Crippen LogP contribution is -2.34. The minimum Gasteiger partial charge on any atom is -0.372 e. The predicted molar refractivity (Wildman–Crippen MR) is 80.8 cm³/mol. The molecule has 1 aromatic rings. The zero-order valence-corrected chi connectivity index (χ0v) is 13.8. The van der Waals surface area contributed by atoms with Crippen molar-refractivity contribution in [1.82, 2.24) is 9.71 Å². The standard InChI is InChI=1S/C12H20BrN3O2S/c1-4-6-10(5-2)16-19(17,18)11-7-9(13)8-15-12(11)14-3/h7-8,10,16H,4-6H2,1-3H3,(H,14,15). The van der Waals surface area contributed by atoms with Crippen LogP contribution in [0.1, 0.15) is 33.1 Å². The SMILES string of the molecule is CCCC(CC)NS(=O)(=O)c1cc(Br)cnc1NC. The highest BCUT2D eigenvalue weighted by Crippen LogP contribution is 2.23. The van der Waals surface area contributed by atoms with Gasteiger partial charge >= 0.3 is 0 Å². The van der Waals surface area contributed by atoms with E-state index < -0.39 is 10.0 Å². The number of nitrogens with zero attached hydrogens (tertiary/aromatic N) is 1. The van der Waals surface area contributed by atoms with Crippen LogP contribution in [0.15, 0.2) is 21.6 Å². The molecule has 0 fully saturated rings. The molecule has 0 aliphatic carbocycles. The third-order valence-electron chi connectivity index (χ3n) is 2.80. The van der Waals surface area contributed by atoms with Gasteiger partial charge in [-0.15, -0.1) is 0 Å². The van der Waals surface area contributed by atoms with Crippen molar-refractivity contribution in [3.8, 4) is 0 Å². The first kappa shape index (κ1) is 16.4. The average molecular weight is 350 g/mol. The maximum Gasteiger partial charge on any atom is 0.244 e. The Kier molecular flexibility index (Phi) is 6.22. The second-order valence-electron chi connectivity index (χ2n) is 4.27. The van der Waals surface area contributed by atoms with Gasteiger partial charge in [-0.25, -0.2) is 18.1 Å². The van der Waals surface area contributed by atoms with Gasteiger partial charge in [0.2, 0.25) is 10.0 Å². The van der Waals surface area contributed by atoms with Crippen LogP contribution >= 0.6 is 15.9 Å². The molecule has 108 valence electrons.